The van der Waals surface area contributed by atoms with Gasteiger partial charge in [0.15, 0.2) is 0 Å². The molecule has 0 amide bonds. The van der Waals surface area contributed by atoms with Crippen LogP contribution in [-0.2, 0) is 0 Å². The minimum atomic E-state index is 0.704. The molecule has 3 rings (SSSR count). The molecule has 1 atom stereocenters. The van der Waals surface area contributed by atoms with Crippen molar-refractivity contribution in [3.8, 4) is 0 Å². The summed E-state index contributed by atoms with van der Waals surface area (Å²) in [6.07, 6.45) is 9.01. The Morgan fingerprint density at radius 1 is 1.20 bits per heavy atom. The highest BCUT2D eigenvalue weighted by Gasteiger charge is 2.52. The first-order valence-corrected chi connectivity index (χ1v) is 6.95. The number of hydrogen-bond donors (Lipinski definition) is 0. The van der Waals surface area contributed by atoms with Gasteiger partial charge in [-0.3, -0.25) is 4.90 Å². The van der Waals surface area contributed by atoms with Gasteiger partial charge >= 0.3 is 0 Å². The quantitative estimate of drug-likeness (QED) is 0.686. The summed E-state index contributed by atoms with van der Waals surface area (Å²) < 4.78 is 0. The van der Waals surface area contributed by atoms with E-state index in [0.29, 0.717) is 5.54 Å². The van der Waals surface area contributed by atoms with Crippen molar-refractivity contribution in [2.24, 2.45) is 17.8 Å². The van der Waals surface area contributed by atoms with Gasteiger partial charge in [-0.1, -0.05) is 13.8 Å². The minimum absolute atomic E-state index is 0.704. The number of piperidine rings is 1. The summed E-state index contributed by atoms with van der Waals surface area (Å²) in [6.45, 7) is 7.67. The molecular weight excluding hydrogens is 182 g/mol. The van der Waals surface area contributed by atoms with Crippen molar-refractivity contribution in [3.05, 3.63) is 0 Å². The van der Waals surface area contributed by atoms with E-state index in [9.17, 15) is 0 Å². The van der Waals surface area contributed by atoms with Gasteiger partial charge in [0.25, 0.3) is 0 Å². The Morgan fingerprint density at radius 3 is 2.47 bits per heavy atom. The molecule has 86 valence electrons. The van der Waals surface area contributed by atoms with Crippen LogP contribution in [0.2, 0.25) is 0 Å². The highest BCUT2D eigenvalue weighted by molar-refractivity contribution is 5.08. The molecule has 2 saturated carbocycles. The Balaban J connectivity index is 1.62. The molecule has 2 aliphatic carbocycles. The lowest BCUT2D eigenvalue weighted by Gasteiger charge is -2.41. The summed E-state index contributed by atoms with van der Waals surface area (Å²) in [5.41, 5.74) is 0.704. The monoisotopic (exact) mass is 207 g/mol. The molecule has 1 nitrogen and oxygen atoms in total. The Bertz CT molecular complexity index is 238. The zero-order valence-electron chi connectivity index (χ0n) is 10.3. The topological polar surface area (TPSA) is 3.24 Å². The molecule has 1 heterocycles. The van der Waals surface area contributed by atoms with Crippen LogP contribution in [0.15, 0.2) is 0 Å². The Kier molecular flexibility index (Phi) is 2.35. The van der Waals surface area contributed by atoms with E-state index < -0.39 is 0 Å². The molecule has 15 heavy (non-hydrogen) atoms. The van der Waals surface area contributed by atoms with Crippen molar-refractivity contribution >= 4 is 0 Å². The molecule has 1 heteroatoms. The van der Waals surface area contributed by atoms with Crippen LogP contribution in [-0.4, -0.2) is 23.5 Å². The van der Waals surface area contributed by atoms with Gasteiger partial charge in [-0.25, -0.2) is 0 Å². The molecule has 1 aliphatic heterocycles. The molecule has 0 aromatic rings. The molecule has 0 N–H and O–H groups in total. The highest BCUT2D eigenvalue weighted by atomic mass is 15.2. The van der Waals surface area contributed by atoms with Crippen molar-refractivity contribution in [3.63, 3.8) is 0 Å². The molecule has 0 bridgehead atoms. The third-order valence-electron chi connectivity index (χ3n) is 5.03. The van der Waals surface area contributed by atoms with Crippen molar-refractivity contribution in [2.75, 3.05) is 13.1 Å². The van der Waals surface area contributed by atoms with Crippen molar-refractivity contribution < 1.29 is 0 Å². The predicted octanol–water partition coefficient (Wildman–Crippen LogP) is 3.30. The molecule has 0 unspecified atom stereocenters. The standard InChI is InChI=1S/C14H25N/c1-11(2)13-5-8-15(10-12-3-4-12)14(9-13)6-7-14/h11-13H,3-10H2,1-2H3/t13-/m0/s1. The maximum Gasteiger partial charge on any atom is 0.0213 e. The lowest BCUT2D eigenvalue weighted by molar-refractivity contribution is 0.0721. The molecular formula is C14H25N. The molecule has 3 fully saturated rings. The Morgan fingerprint density at radius 2 is 1.93 bits per heavy atom. The average molecular weight is 207 g/mol. The third-order valence-corrected chi connectivity index (χ3v) is 5.03. The smallest absolute Gasteiger partial charge is 0.0213 e. The zero-order chi connectivity index (χ0) is 10.5. The zero-order valence-corrected chi connectivity index (χ0v) is 10.3. The lowest BCUT2D eigenvalue weighted by Crippen LogP contribution is -2.46. The van der Waals surface area contributed by atoms with Crippen LogP contribution >= 0.6 is 0 Å². The van der Waals surface area contributed by atoms with E-state index in [1.54, 1.807) is 0 Å². The maximum absolute atomic E-state index is 2.86. The van der Waals surface area contributed by atoms with E-state index in [1.807, 2.05) is 0 Å². The summed E-state index contributed by atoms with van der Waals surface area (Å²) in [4.78, 5) is 2.86. The largest absolute Gasteiger partial charge is 0.297 e. The van der Waals surface area contributed by atoms with Crippen LogP contribution in [0.25, 0.3) is 0 Å². The van der Waals surface area contributed by atoms with Gasteiger partial charge in [0.2, 0.25) is 0 Å². The van der Waals surface area contributed by atoms with E-state index in [-0.39, 0.29) is 0 Å². The van der Waals surface area contributed by atoms with Crippen LogP contribution in [0.5, 0.6) is 0 Å². The van der Waals surface area contributed by atoms with Crippen LogP contribution in [0, 0.1) is 17.8 Å². The van der Waals surface area contributed by atoms with E-state index >= 15 is 0 Å². The first-order valence-electron chi connectivity index (χ1n) is 6.95. The fraction of sp³-hybridized carbons (Fsp3) is 1.00. The van der Waals surface area contributed by atoms with Gasteiger partial charge in [-0.2, -0.15) is 0 Å². The summed E-state index contributed by atoms with van der Waals surface area (Å²) >= 11 is 0. The molecule has 0 aromatic heterocycles. The van der Waals surface area contributed by atoms with Gasteiger partial charge in [0.1, 0.15) is 0 Å². The average Bonchev–Trinajstić information content (AvgIpc) is 3.05. The van der Waals surface area contributed by atoms with E-state index in [0.717, 1.165) is 17.8 Å². The van der Waals surface area contributed by atoms with Crippen LogP contribution < -0.4 is 0 Å². The second-order valence-electron chi connectivity index (χ2n) is 6.61. The lowest BCUT2D eigenvalue weighted by atomic mass is 9.81. The van der Waals surface area contributed by atoms with Crippen molar-refractivity contribution in [1.82, 2.24) is 4.90 Å². The van der Waals surface area contributed by atoms with Gasteiger partial charge in [-0.15, -0.1) is 0 Å². The number of likely N-dealkylation sites (tertiary alicyclic amines) is 1. The normalized spacial score (nSPS) is 35.0. The van der Waals surface area contributed by atoms with Crippen LogP contribution in [0.1, 0.15) is 52.4 Å². The molecule has 3 aliphatic rings. The Labute approximate surface area is 94.2 Å². The molecule has 0 radical (unpaired) electrons. The maximum atomic E-state index is 2.86. The fourth-order valence-corrected chi connectivity index (χ4v) is 3.41. The second-order valence-corrected chi connectivity index (χ2v) is 6.61. The summed E-state index contributed by atoms with van der Waals surface area (Å²) in [5, 5.41) is 0. The minimum Gasteiger partial charge on any atom is -0.297 e. The summed E-state index contributed by atoms with van der Waals surface area (Å²) in [5.74, 6) is 3.01. The van der Waals surface area contributed by atoms with E-state index in [4.69, 9.17) is 0 Å². The predicted molar refractivity (Wildman–Crippen MR) is 63.8 cm³/mol. The fourth-order valence-electron chi connectivity index (χ4n) is 3.41. The van der Waals surface area contributed by atoms with Gasteiger partial charge in [0.05, 0.1) is 0 Å². The van der Waals surface area contributed by atoms with E-state index in [2.05, 4.69) is 18.7 Å². The third kappa shape index (κ3) is 1.95. The molecule has 0 aromatic carbocycles. The first-order chi connectivity index (χ1) is 7.20. The number of nitrogens with zero attached hydrogens (tertiary/aromatic N) is 1. The molecule has 1 spiro atoms. The number of hydrogen-bond acceptors (Lipinski definition) is 1. The van der Waals surface area contributed by atoms with Gasteiger partial charge in [0, 0.05) is 12.1 Å². The Hall–Kier alpha value is -0.0400. The second kappa shape index (κ2) is 3.48. The number of rotatable bonds is 3. The van der Waals surface area contributed by atoms with Gasteiger partial charge in [-0.05, 0) is 62.8 Å². The summed E-state index contributed by atoms with van der Waals surface area (Å²) in [7, 11) is 0. The van der Waals surface area contributed by atoms with E-state index in [1.165, 1.54) is 51.6 Å². The van der Waals surface area contributed by atoms with Crippen LogP contribution in [0.4, 0.5) is 0 Å². The van der Waals surface area contributed by atoms with Crippen LogP contribution in [0.3, 0.4) is 0 Å². The summed E-state index contributed by atoms with van der Waals surface area (Å²) in [6, 6.07) is 0. The van der Waals surface area contributed by atoms with Crippen molar-refractivity contribution in [2.45, 2.75) is 57.9 Å². The molecule has 1 saturated heterocycles. The van der Waals surface area contributed by atoms with Crippen molar-refractivity contribution in [1.29, 1.82) is 0 Å². The van der Waals surface area contributed by atoms with Gasteiger partial charge < -0.3 is 0 Å². The first kappa shape index (κ1) is 10.1. The SMILES string of the molecule is CC(C)[C@H]1CCN(CC2CC2)C2(CC2)C1. The highest BCUT2D eigenvalue weighted by Crippen LogP contribution is 2.52.